The third-order valence-electron chi connectivity index (χ3n) is 11.1. The second-order valence-electron chi connectivity index (χ2n) is 16.0. The van der Waals surface area contributed by atoms with Crippen LogP contribution in [0.4, 0.5) is 21.5 Å². The van der Waals surface area contributed by atoms with Crippen LogP contribution in [0, 0.1) is 28.5 Å². The Hall–Kier alpha value is -6.15. The zero-order valence-electron chi connectivity index (χ0n) is 33.3. The van der Waals surface area contributed by atoms with Crippen LogP contribution >= 0.6 is 23.2 Å². The summed E-state index contributed by atoms with van der Waals surface area (Å²) in [5, 5.41) is 40.4. The second-order valence-corrected chi connectivity index (χ2v) is 16.8. The van der Waals surface area contributed by atoms with Gasteiger partial charge in [0.2, 0.25) is 0 Å². The van der Waals surface area contributed by atoms with Gasteiger partial charge in [0.25, 0.3) is 0 Å². The average Bonchev–Trinajstić information content (AvgIpc) is 3.95. The fourth-order valence-corrected chi connectivity index (χ4v) is 8.37. The van der Waals surface area contributed by atoms with Gasteiger partial charge in [0.15, 0.2) is 0 Å². The van der Waals surface area contributed by atoms with Crippen molar-refractivity contribution in [3.05, 3.63) is 147 Å². The number of halogens is 3. The normalized spacial score (nSPS) is 14.8. The summed E-state index contributed by atoms with van der Waals surface area (Å²) in [7, 11) is 0. The molecule has 11 nitrogen and oxygen atoms in total. The number of fused-ring (bicyclic) bond motifs is 3. The number of hydrogen-bond acceptors (Lipinski definition) is 10. The molecular formula is C46H42Cl2FN11. The van der Waals surface area contributed by atoms with Crippen molar-refractivity contribution in [3.63, 3.8) is 0 Å². The van der Waals surface area contributed by atoms with E-state index in [4.69, 9.17) is 33.6 Å². The number of likely N-dealkylation sites (tertiary alicyclic amines) is 1. The lowest BCUT2D eigenvalue weighted by atomic mass is 9.95. The minimum absolute atomic E-state index is 0.0298. The van der Waals surface area contributed by atoms with Gasteiger partial charge in [-0.15, -0.1) is 5.10 Å². The summed E-state index contributed by atoms with van der Waals surface area (Å²) in [6, 6.07) is 28.2. The van der Waals surface area contributed by atoms with E-state index in [-0.39, 0.29) is 22.6 Å². The summed E-state index contributed by atoms with van der Waals surface area (Å²) < 4.78 is 16.0. The van der Waals surface area contributed by atoms with Crippen molar-refractivity contribution in [1.82, 2.24) is 35.2 Å². The molecule has 0 radical (unpaired) electrons. The van der Waals surface area contributed by atoms with E-state index in [9.17, 15) is 9.65 Å². The highest BCUT2D eigenvalue weighted by atomic mass is 35.5. The van der Waals surface area contributed by atoms with Crippen molar-refractivity contribution in [1.29, 1.82) is 10.5 Å². The molecule has 2 aliphatic rings. The van der Waals surface area contributed by atoms with Gasteiger partial charge >= 0.3 is 0 Å². The van der Waals surface area contributed by atoms with Crippen molar-refractivity contribution in [2.45, 2.75) is 64.3 Å². The molecule has 1 saturated heterocycles. The number of hydrogen-bond donors (Lipinski definition) is 3. The predicted octanol–water partition coefficient (Wildman–Crippen LogP) is 10.2. The number of benzene rings is 4. The third-order valence-corrected chi connectivity index (χ3v) is 11.7. The zero-order chi connectivity index (χ0) is 42.0. The molecule has 3 N–H and O–H groups in total. The van der Waals surface area contributed by atoms with Gasteiger partial charge < -0.3 is 16.0 Å². The first kappa shape index (κ1) is 40.6. The Morgan fingerprint density at radius 2 is 1.68 bits per heavy atom. The number of piperidine rings is 1. The van der Waals surface area contributed by atoms with Gasteiger partial charge in [0, 0.05) is 66.3 Å². The van der Waals surface area contributed by atoms with E-state index in [1.807, 2.05) is 47.1 Å². The third kappa shape index (κ3) is 8.60. The number of nitrogens with one attached hydrogen (secondary N) is 3. The minimum atomic E-state index is -0.530. The Kier molecular flexibility index (Phi) is 11.7. The van der Waals surface area contributed by atoms with Crippen molar-refractivity contribution >= 4 is 62.1 Å². The van der Waals surface area contributed by atoms with Crippen LogP contribution in [0.3, 0.4) is 0 Å². The molecule has 0 spiro atoms. The maximum absolute atomic E-state index is 13.9. The lowest BCUT2D eigenvalue weighted by Gasteiger charge is -2.40. The van der Waals surface area contributed by atoms with E-state index < -0.39 is 5.82 Å². The Morgan fingerprint density at radius 3 is 2.45 bits per heavy atom. The van der Waals surface area contributed by atoms with Crippen LogP contribution < -0.4 is 16.0 Å². The monoisotopic (exact) mass is 837 g/mol. The SMILES string of the molecule is CC(C)(C)N1CCC(n2cc(C(Nc3cc(Cl)c4ncc(C#N)c(Nc5ccc(F)c(Cl)c5)c4c3)c3cccc4c3CNC4)nn2)CC1.N#Cc1cnc2ccccc2c1. The van der Waals surface area contributed by atoms with Crippen LogP contribution in [0.1, 0.15) is 79.2 Å². The Balaban J connectivity index is 0.000000355. The van der Waals surface area contributed by atoms with Gasteiger partial charge in [-0.05, 0) is 92.8 Å². The molecule has 7 aromatic rings. The lowest BCUT2D eigenvalue weighted by molar-refractivity contribution is 0.0866. The fourth-order valence-electron chi connectivity index (χ4n) is 7.92. The fraction of sp³-hybridized carbons (Fsp3) is 0.261. The molecule has 0 aliphatic carbocycles. The molecule has 9 rings (SSSR count). The Bertz CT molecular complexity index is 2800. The van der Waals surface area contributed by atoms with Crippen LogP contribution in [0.2, 0.25) is 10.0 Å². The highest BCUT2D eigenvalue weighted by molar-refractivity contribution is 6.36. The number of nitrogens with zero attached hydrogens (tertiary/aromatic N) is 8. The second kappa shape index (κ2) is 17.2. The molecule has 0 amide bonds. The molecule has 0 saturated carbocycles. The maximum Gasteiger partial charge on any atom is 0.141 e. The van der Waals surface area contributed by atoms with E-state index in [0.29, 0.717) is 44.1 Å². The van der Waals surface area contributed by atoms with E-state index >= 15 is 0 Å². The highest BCUT2D eigenvalue weighted by Gasteiger charge is 2.30. The number of nitriles is 2. The summed E-state index contributed by atoms with van der Waals surface area (Å²) >= 11 is 12.9. The molecule has 1 fully saturated rings. The molecule has 5 heterocycles. The van der Waals surface area contributed by atoms with Crippen molar-refractivity contribution in [2.24, 2.45) is 0 Å². The molecule has 3 aromatic heterocycles. The molecular weight excluding hydrogens is 796 g/mol. The molecule has 4 aromatic carbocycles. The van der Waals surface area contributed by atoms with Gasteiger partial charge in [-0.2, -0.15) is 10.5 Å². The first-order valence-electron chi connectivity index (χ1n) is 19.7. The molecule has 1 unspecified atom stereocenters. The summed E-state index contributed by atoms with van der Waals surface area (Å²) in [5.74, 6) is -0.530. The Labute approximate surface area is 357 Å². The van der Waals surface area contributed by atoms with Gasteiger partial charge in [-0.1, -0.05) is 64.8 Å². The molecule has 60 heavy (non-hydrogen) atoms. The first-order chi connectivity index (χ1) is 29.0. The predicted molar refractivity (Wildman–Crippen MR) is 235 cm³/mol. The van der Waals surface area contributed by atoms with E-state index in [1.165, 1.54) is 29.5 Å². The standard InChI is InChI=1S/C36H36Cl2FN9.C10H6N2/c1-36(2,3)47-11-9-25(10-12-47)48-20-32(45-46-48)35(26-6-4-5-21-17-41-19-28(21)26)44-24-13-27-33(43-23-7-8-31(39)29(37)14-23)22(16-40)18-42-34(27)30(38)15-24;11-6-8-5-9-3-1-2-4-10(9)12-7-8/h4-8,13-15,18,20,25,35,41,44H,9-12,17,19H2,1-3H3,(H,42,43);1-5,7H. The van der Waals surface area contributed by atoms with Gasteiger partial charge in [-0.3, -0.25) is 14.9 Å². The summed E-state index contributed by atoms with van der Waals surface area (Å²) in [6.07, 6.45) is 7.14. The van der Waals surface area contributed by atoms with Gasteiger partial charge in [0.1, 0.15) is 23.6 Å². The van der Waals surface area contributed by atoms with E-state index in [2.05, 4.69) is 93.3 Å². The van der Waals surface area contributed by atoms with Crippen molar-refractivity contribution in [2.75, 3.05) is 23.7 Å². The van der Waals surface area contributed by atoms with Crippen LogP contribution in [0.25, 0.3) is 21.8 Å². The number of aromatic nitrogens is 5. The van der Waals surface area contributed by atoms with Crippen LogP contribution in [-0.2, 0) is 13.1 Å². The smallest absolute Gasteiger partial charge is 0.141 e. The van der Waals surface area contributed by atoms with Gasteiger partial charge in [-0.25, -0.2) is 9.07 Å². The number of rotatable bonds is 7. The zero-order valence-corrected chi connectivity index (χ0v) is 34.9. The van der Waals surface area contributed by atoms with Crippen molar-refractivity contribution in [3.8, 4) is 12.1 Å². The highest BCUT2D eigenvalue weighted by Crippen LogP contribution is 2.39. The van der Waals surface area contributed by atoms with Crippen molar-refractivity contribution < 1.29 is 4.39 Å². The van der Waals surface area contributed by atoms with Crippen LogP contribution in [0.5, 0.6) is 0 Å². The van der Waals surface area contributed by atoms with E-state index in [1.54, 1.807) is 12.3 Å². The molecule has 1 atom stereocenters. The molecule has 14 heteroatoms. The quantitative estimate of drug-likeness (QED) is 0.142. The number of anilines is 3. The summed E-state index contributed by atoms with van der Waals surface area (Å²) in [5.41, 5.74) is 8.62. The lowest BCUT2D eigenvalue weighted by Crippen LogP contribution is -2.46. The van der Waals surface area contributed by atoms with Crippen LogP contribution in [0.15, 0.2) is 97.5 Å². The van der Waals surface area contributed by atoms with Crippen LogP contribution in [-0.4, -0.2) is 48.5 Å². The average molecular weight is 839 g/mol. The number of pyridine rings is 2. The topological polar surface area (TPSA) is 143 Å². The number of para-hydroxylation sites is 1. The Morgan fingerprint density at radius 1 is 0.883 bits per heavy atom. The largest absolute Gasteiger partial charge is 0.373 e. The van der Waals surface area contributed by atoms with Gasteiger partial charge in [0.05, 0.1) is 56.2 Å². The van der Waals surface area contributed by atoms with E-state index in [0.717, 1.165) is 61.2 Å². The maximum atomic E-state index is 13.9. The first-order valence-corrected chi connectivity index (χ1v) is 20.5. The molecule has 302 valence electrons. The summed E-state index contributed by atoms with van der Waals surface area (Å²) in [6.45, 7) is 10.4. The molecule has 2 aliphatic heterocycles. The molecule has 0 bridgehead atoms. The minimum Gasteiger partial charge on any atom is -0.373 e. The summed E-state index contributed by atoms with van der Waals surface area (Å²) in [4.78, 5) is 11.2.